The fourth-order valence-electron chi connectivity index (χ4n) is 5.96. The first-order chi connectivity index (χ1) is 16.8. The number of halogens is 3. The van der Waals surface area contributed by atoms with Gasteiger partial charge >= 0.3 is 12.2 Å². The number of carbonyl (C=O) groups is 2. The number of ether oxygens (including phenoxy) is 2. The second-order valence-corrected chi connectivity index (χ2v) is 10.2. The Kier molecular flexibility index (Phi) is 6.78. The molecule has 3 aliphatic heterocycles. The van der Waals surface area contributed by atoms with Gasteiger partial charge in [0.25, 0.3) is 0 Å². The first-order valence-electron chi connectivity index (χ1n) is 12.4. The van der Waals surface area contributed by atoms with Crippen LogP contribution in [0.3, 0.4) is 0 Å². The SMILES string of the molecule is O=C1CO[C@@H]2CCN(C(=O)N3CCC4CC(COc5ccc(C(F)(F)F)nc5)CCC4C3)C[C@@H]2N1. The van der Waals surface area contributed by atoms with Gasteiger partial charge in [0.05, 0.1) is 24.9 Å². The van der Waals surface area contributed by atoms with Gasteiger partial charge in [-0.15, -0.1) is 0 Å². The van der Waals surface area contributed by atoms with E-state index < -0.39 is 11.9 Å². The summed E-state index contributed by atoms with van der Waals surface area (Å²) in [6.07, 6.45) is 1.30. The molecule has 3 amide bonds. The number of hydrogen-bond donors (Lipinski definition) is 1. The second kappa shape index (κ2) is 9.83. The molecule has 1 N–H and O–H groups in total. The fourth-order valence-corrected chi connectivity index (χ4v) is 5.96. The molecule has 35 heavy (non-hydrogen) atoms. The molecule has 192 valence electrons. The van der Waals surface area contributed by atoms with Gasteiger partial charge in [0.1, 0.15) is 18.1 Å². The number of morpholine rings is 1. The summed E-state index contributed by atoms with van der Waals surface area (Å²) in [7, 11) is 0. The Morgan fingerprint density at radius 1 is 1.11 bits per heavy atom. The molecule has 0 radical (unpaired) electrons. The number of nitrogens with one attached hydrogen (secondary N) is 1. The molecule has 0 spiro atoms. The van der Waals surface area contributed by atoms with Gasteiger partial charge in [-0.25, -0.2) is 9.78 Å². The number of amides is 3. The van der Waals surface area contributed by atoms with Crippen molar-refractivity contribution in [2.24, 2.45) is 17.8 Å². The van der Waals surface area contributed by atoms with Crippen LogP contribution in [-0.4, -0.2) is 78.3 Å². The average Bonchev–Trinajstić information content (AvgIpc) is 2.86. The Morgan fingerprint density at radius 3 is 2.69 bits per heavy atom. The van der Waals surface area contributed by atoms with Gasteiger partial charge in [0.2, 0.25) is 5.91 Å². The molecule has 11 heteroatoms. The first kappa shape index (κ1) is 24.1. The highest BCUT2D eigenvalue weighted by molar-refractivity contribution is 5.79. The maximum atomic E-state index is 13.2. The van der Waals surface area contributed by atoms with Crippen LogP contribution in [0.25, 0.3) is 0 Å². The predicted octanol–water partition coefficient (Wildman–Crippen LogP) is 2.93. The summed E-state index contributed by atoms with van der Waals surface area (Å²) in [6, 6.07) is 2.17. The minimum Gasteiger partial charge on any atom is -0.492 e. The molecule has 4 fully saturated rings. The Morgan fingerprint density at radius 2 is 1.91 bits per heavy atom. The summed E-state index contributed by atoms with van der Waals surface area (Å²) >= 11 is 0. The van der Waals surface area contributed by atoms with Crippen LogP contribution in [-0.2, 0) is 15.7 Å². The predicted molar refractivity (Wildman–Crippen MR) is 119 cm³/mol. The number of piperidine rings is 2. The molecule has 4 aliphatic rings. The quantitative estimate of drug-likeness (QED) is 0.696. The van der Waals surface area contributed by atoms with Gasteiger partial charge in [0.15, 0.2) is 0 Å². The van der Waals surface area contributed by atoms with E-state index in [-0.39, 0.29) is 30.7 Å². The molecule has 0 bridgehead atoms. The Hall–Kier alpha value is -2.56. The molecule has 8 nitrogen and oxygen atoms in total. The summed E-state index contributed by atoms with van der Waals surface area (Å²) in [5.74, 6) is 1.53. The zero-order valence-corrected chi connectivity index (χ0v) is 19.5. The van der Waals surface area contributed by atoms with Crippen molar-refractivity contribution >= 4 is 11.9 Å². The Balaban J connectivity index is 1.08. The van der Waals surface area contributed by atoms with Gasteiger partial charge < -0.3 is 24.6 Å². The van der Waals surface area contributed by atoms with E-state index in [1.54, 1.807) is 0 Å². The van der Waals surface area contributed by atoms with Gasteiger partial charge in [-0.3, -0.25) is 4.79 Å². The zero-order chi connectivity index (χ0) is 24.6. The number of alkyl halides is 3. The summed E-state index contributed by atoms with van der Waals surface area (Å²) in [4.78, 5) is 32.1. The van der Waals surface area contributed by atoms with Crippen molar-refractivity contribution < 1.29 is 32.2 Å². The van der Waals surface area contributed by atoms with Crippen molar-refractivity contribution in [3.05, 3.63) is 24.0 Å². The van der Waals surface area contributed by atoms with Gasteiger partial charge in [-0.1, -0.05) is 0 Å². The van der Waals surface area contributed by atoms with Crippen LogP contribution < -0.4 is 10.1 Å². The highest BCUT2D eigenvalue weighted by atomic mass is 19.4. The van der Waals surface area contributed by atoms with E-state index in [1.165, 1.54) is 6.07 Å². The van der Waals surface area contributed by atoms with Crippen LogP contribution in [0.15, 0.2) is 18.3 Å². The van der Waals surface area contributed by atoms with Crippen LogP contribution in [0.5, 0.6) is 5.75 Å². The first-order valence-corrected chi connectivity index (χ1v) is 12.4. The van der Waals surface area contributed by atoms with Crippen molar-refractivity contribution in [3.63, 3.8) is 0 Å². The molecule has 0 aromatic carbocycles. The lowest BCUT2D eigenvalue weighted by Gasteiger charge is -2.46. The third-order valence-corrected chi connectivity index (χ3v) is 7.85. The molecule has 5 rings (SSSR count). The monoisotopic (exact) mass is 496 g/mol. The zero-order valence-electron chi connectivity index (χ0n) is 19.5. The molecule has 3 saturated heterocycles. The number of aromatic nitrogens is 1. The molecule has 4 heterocycles. The number of urea groups is 1. The van der Waals surface area contributed by atoms with Crippen molar-refractivity contribution in [2.75, 3.05) is 39.4 Å². The number of fused-ring (bicyclic) bond motifs is 2. The third kappa shape index (κ3) is 5.49. The minimum atomic E-state index is -4.45. The van der Waals surface area contributed by atoms with E-state index in [1.807, 2.05) is 9.80 Å². The Labute approximate surface area is 202 Å². The molecule has 1 saturated carbocycles. The van der Waals surface area contributed by atoms with Crippen LogP contribution in [0.2, 0.25) is 0 Å². The van der Waals surface area contributed by atoms with Crippen LogP contribution in [0, 0.1) is 17.8 Å². The smallest absolute Gasteiger partial charge is 0.433 e. The topological polar surface area (TPSA) is 84.0 Å². The maximum absolute atomic E-state index is 13.2. The summed E-state index contributed by atoms with van der Waals surface area (Å²) in [6.45, 7) is 3.13. The lowest BCUT2D eigenvalue weighted by molar-refractivity contribution is -0.141. The summed E-state index contributed by atoms with van der Waals surface area (Å²) in [5, 5.41) is 2.95. The van der Waals surface area contributed by atoms with E-state index in [9.17, 15) is 22.8 Å². The van der Waals surface area contributed by atoms with Crippen molar-refractivity contribution in [1.29, 1.82) is 0 Å². The van der Waals surface area contributed by atoms with E-state index in [2.05, 4.69) is 10.3 Å². The highest BCUT2D eigenvalue weighted by Gasteiger charge is 2.41. The maximum Gasteiger partial charge on any atom is 0.433 e. The van der Waals surface area contributed by atoms with Crippen molar-refractivity contribution in [1.82, 2.24) is 20.1 Å². The largest absolute Gasteiger partial charge is 0.492 e. The number of likely N-dealkylation sites (tertiary alicyclic amines) is 2. The molecule has 3 unspecified atom stereocenters. The van der Waals surface area contributed by atoms with Crippen LogP contribution in [0.1, 0.15) is 37.8 Å². The van der Waals surface area contributed by atoms with Crippen LogP contribution in [0.4, 0.5) is 18.0 Å². The molecule has 1 aromatic rings. The number of pyridine rings is 1. The van der Waals surface area contributed by atoms with Crippen molar-refractivity contribution in [3.8, 4) is 5.75 Å². The van der Waals surface area contributed by atoms with Crippen molar-refractivity contribution in [2.45, 2.75) is 50.4 Å². The number of nitrogens with zero attached hydrogens (tertiary/aromatic N) is 3. The summed E-state index contributed by atoms with van der Waals surface area (Å²) < 4.78 is 49.3. The van der Waals surface area contributed by atoms with Crippen LogP contribution >= 0.6 is 0 Å². The number of hydrogen-bond acceptors (Lipinski definition) is 5. The summed E-state index contributed by atoms with van der Waals surface area (Å²) in [5.41, 5.74) is -0.923. The van der Waals surface area contributed by atoms with E-state index in [4.69, 9.17) is 9.47 Å². The lowest BCUT2D eigenvalue weighted by atomic mass is 9.71. The number of carbonyl (C=O) groups excluding carboxylic acids is 2. The van der Waals surface area contributed by atoms with Gasteiger partial charge in [-0.2, -0.15) is 13.2 Å². The average molecular weight is 497 g/mol. The second-order valence-electron chi connectivity index (χ2n) is 10.2. The lowest BCUT2D eigenvalue weighted by Crippen LogP contribution is -2.63. The molecule has 5 atom stereocenters. The molecular formula is C24H31F3N4O4. The minimum absolute atomic E-state index is 0.0154. The molecular weight excluding hydrogens is 465 g/mol. The van der Waals surface area contributed by atoms with E-state index >= 15 is 0 Å². The fraction of sp³-hybridized carbons (Fsp3) is 0.708. The van der Waals surface area contributed by atoms with E-state index in [0.717, 1.165) is 50.9 Å². The standard InChI is InChI=1S/C24H31F3N4O4/c25-24(26,27)21-4-3-18(10-28-21)34-13-15-1-2-17-11-30(7-5-16(17)9-15)23(33)31-8-6-20-19(12-31)29-22(32)14-35-20/h3-4,10,15-17,19-20H,1-2,5-9,11-14H2,(H,29,32)/t15?,16?,17?,19-,20+/m0/s1. The molecule has 1 aromatic heterocycles. The van der Waals surface area contributed by atoms with Gasteiger partial charge in [0, 0.05) is 26.2 Å². The third-order valence-electron chi connectivity index (χ3n) is 7.85. The highest BCUT2D eigenvalue weighted by Crippen LogP contribution is 2.39. The van der Waals surface area contributed by atoms with E-state index in [0.29, 0.717) is 49.7 Å². The Bertz CT molecular complexity index is 928. The van der Waals surface area contributed by atoms with Gasteiger partial charge in [-0.05, 0) is 62.0 Å². The molecule has 1 aliphatic carbocycles. The number of rotatable bonds is 3. The normalized spacial score (nSPS) is 31.3.